The molecule has 1 saturated carbocycles. The molecule has 0 spiro atoms. The standard InChI is InChI=1S/C24H28N3O.C24H25N2Si.C22H27N2.C21H23N2.C19H19N2/c1-17-9-8-10-18(2)23(17)26-15-21-20-12-7-6-11-19(20)13-14-22(21)27(5,16-26)24(28)25(3)4;1-17-9-7-10-18(2)23(17)26-16-25-21-13-6-5-11-19(21)15-20-12-8-14-22(24(20)25)27(26,3)4;1-17-9-8-10-18(2)22(17)23-15-19-11-6-7-14-21(19)24(16-23)20-12-4-3-5-13-20;1-15-8-5-9-16(2)19(15)23-14-22-13-7-11-17-10-6-12-18(20(17)22)21(23,3)4;1-14-6-3-7-15(2)18(14)21-12-17-9-4-8-16-10-5-11-20(13-21)19(16)17/h6-14H,15-16H2,1-5H3;5-15H,16H2,1-4H3;6-11,14H,3-5,12-13,15-16H2,1-2H3;5-13H,14H2,1-4H3;3-11H,12-13H2,1-2H3/q5*+1/t27-;;;;/m1..../s1. The van der Waals surface area contributed by atoms with E-state index in [9.17, 15) is 4.79 Å². The summed E-state index contributed by atoms with van der Waals surface area (Å²) in [5.41, 5.74) is 35.2. The van der Waals surface area contributed by atoms with Crippen molar-refractivity contribution in [2.24, 2.45) is 0 Å². The maximum atomic E-state index is 13.3. The Hall–Kier alpha value is -12.3. The minimum atomic E-state index is -1.85. The fourth-order valence-corrected chi connectivity index (χ4v) is 24.5. The first-order valence-corrected chi connectivity index (χ1v) is 47.3. The number of carbonyl (C=O) groups is 1. The summed E-state index contributed by atoms with van der Waals surface area (Å²) in [6.07, 6.45) is 11.0. The molecule has 1 atom stereocenters. The number of amides is 2. The van der Waals surface area contributed by atoms with Gasteiger partial charge in [-0.05, 0) is 230 Å². The number of carbonyl (C=O) groups excluding carboxylic acids is 1. The number of para-hydroxylation sites is 10. The summed E-state index contributed by atoms with van der Waals surface area (Å²) in [5.74, 6) is 0. The number of aryl methyl sites for hydroxylation is 10. The van der Waals surface area contributed by atoms with Gasteiger partial charge in [0.25, 0.3) is 0 Å². The molecular weight excluding hydrogens is 1520 g/mol. The van der Waals surface area contributed by atoms with Crippen LogP contribution in [-0.4, -0.2) is 63.9 Å². The normalized spacial score (nSPS) is 16.5. The molecule has 13 heteroatoms. The third-order valence-corrected chi connectivity index (χ3v) is 30.7. The SMILES string of the molecule is Cc1cccc(C)c1N1C[n+]2c3ccccc3cc3cccc(c32)[Si]1(C)C.Cc1cccc(C)c1N1C[n+]2cccc3cccc(c32)C1(C)C.Cc1cccc(C)c1N1Cc2c(ccc3ccccc23)[N@+](C)(C(=O)N(C)C)C1.Cc1cccc(C)c1N1Cc2cccc3ccc[n+](c23)C1.Cc1cccc(C)c1N1Cc2ccccc2[N+](=C2CCCCC2)C1. The van der Waals surface area contributed by atoms with Gasteiger partial charge < -0.3 is 24.2 Å². The number of aromatic nitrogens is 3. The van der Waals surface area contributed by atoms with E-state index in [0.29, 0.717) is 6.67 Å². The highest BCUT2D eigenvalue weighted by atomic mass is 28.3. The third kappa shape index (κ3) is 15.5. The molecule has 8 heterocycles. The highest BCUT2D eigenvalue weighted by molar-refractivity contribution is 6.94. The average Bonchev–Trinajstić information content (AvgIpc) is 0.551. The van der Waals surface area contributed by atoms with Gasteiger partial charge in [-0.2, -0.15) is 22.8 Å². The number of pyridine rings is 3. The lowest BCUT2D eigenvalue weighted by atomic mass is 9.87. The van der Waals surface area contributed by atoms with E-state index in [1.54, 1.807) is 10.6 Å². The molecular formula is C110H122N11OSi+5. The Kier molecular flexibility index (Phi) is 22.8. The lowest BCUT2D eigenvalue weighted by molar-refractivity contribution is -0.675. The number of rotatable bonds is 5. The number of nitrogens with zero attached hydrogens (tertiary/aromatic N) is 11. The number of hydrogen-bond acceptors (Lipinski definition) is 6. The van der Waals surface area contributed by atoms with E-state index in [4.69, 9.17) is 0 Å². The van der Waals surface area contributed by atoms with Crippen LogP contribution in [0.3, 0.4) is 0 Å². The summed E-state index contributed by atoms with van der Waals surface area (Å²) in [6, 6.07) is 94.6. The summed E-state index contributed by atoms with van der Waals surface area (Å²) in [7, 11) is 3.86. The molecule has 3 aromatic heterocycles. The summed E-state index contributed by atoms with van der Waals surface area (Å²) in [6.45, 7) is 38.9. The molecule has 0 bridgehead atoms. The Bertz CT molecular complexity index is 6500. The summed E-state index contributed by atoms with van der Waals surface area (Å²) in [4.78, 5) is 25.0. The number of fused-ring (bicyclic) bond motifs is 6. The molecule has 12 nitrogen and oxygen atoms in total. The first kappa shape index (κ1) is 83.0. The molecule has 622 valence electrons. The monoisotopic (exact) mass is 1640 g/mol. The average molecular weight is 1640 g/mol. The van der Waals surface area contributed by atoms with Gasteiger partial charge in [0.15, 0.2) is 33.0 Å². The first-order chi connectivity index (χ1) is 59.3. The van der Waals surface area contributed by atoms with E-state index in [1.807, 2.05) is 21.1 Å². The maximum absolute atomic E-state index is 13.3. The molecule has 1 aliphatic carbocycles. The predicted molar refractivity (Wildman–Crippen MR) is 518 cm³/mol. The van der Waals surface area contributed by atoms with Crippen molar-refractivity contribution in [1.29, 1.82) is 0 Å². The zero-order chi connectivity index (χ0) is 85.9. The largest absolute Gasteiger partial charge is 0.425 e. The Morgan fingerprint density at radius 3 is 1.50 bits per heavy atom. The van der Waals surface area contributed by atoms with Gasteiger partial charge in [0, 0.05) is 135 Å². The van der Waals surface area contributed by atoms with Gasteiger partial charge in [-0.1, -0.05) is 182 Å². The van der Waals surface area contributed by atoms with Crippen LogP contribution in [-0.2, 0) is 45.2 Å². The molecule has 12 aromatic carbocycles. The van der Waals surface area contributed by atoms with Crippen molar-refractivity contribution < 1.29 is 23.1 Å². The lowest BCUT2D eigenvalue weighted by Gasteiger charge is -2.44. The molecule has 123 heavy (non-hydrogen) atoms. The van der Waals surface area contributed by atoms with Crippen LogP contribution < -0.4 is 47.5 Å². The zero-order valence-electron chi connectivity index (χ0n) is 75.5. The van der Waals surface area contributed by atoms with Gasteiger partial charge >= 0.3 is 6.03 Å². The van der Waals surface area contributed by atoms with Crippen LogP contribution in [0.1, 0.15) is 124 Å². The Morgan fingerprint density at radius 1 is 0.415 bits per heavy atom. The molecule has 0 unspecified atom stereocenters. The minimum absolute atomic E-state index is 0.0439. The van der Waals surface area contributed by atoms with E-state index in [2.05, 4.69) is 412 Å². The van der Waals surface area contributed by atoms with Crippen molar-refractivity contribution in [2.75, 3.05) is 58.6 Å². The zero-order valence-corrected chi connectivity index (χ0v) is 76.5. The van der Waals surface area contributed by atoms with Crippen LogP contribution in [0.5, 0.6) is 0 Å². The molecule has 6 aliphatic rings. The van der Waals surface area contributed by atoms with E-state index in [0.717, 1.165) is 52.0 Å². The number of quaternary nitrogens is 1. The van der Waals surface area contributed by atoms with Crippen molar-refractivity contribution in [2.45, 2.75) is 173 Å². The molecule has 0 N–H and O–H groups in total. The van der Waals surface area contributed by atoms with E-state index in [-0.39, 0.29) is 16.1 Å². The summed E-state index contributed by atoms with van der Waals surface area (Å²) < 4.78 is 12.8. The smallest absolute Gasteiger partial charge is 0.340 e. The second kappa shape index (κ2) is 33.8. The summed E-state index contributed by atoms with van der Waals surface area (Å²) in [5, 5.41) is 9.29. The molecule has 2 amide bonds. The summed E-state index contributed by atoms with van der Waals surface area (Å²) >= 11 is 0. The molecule has 5 aliphatic heterocycles. The van der Waals surface area contributed by atoms with Gasteiger partial charge in [-0.15, -0.1) is 0 Å². The topological polar surface area (TPSA) is 51.2 Å². The second-order valence-electron chi connectivity index (χ2n) is 36.7. The minimum Gasteiger partial charge on any atom is -0.340 e. The van der Waals surface area contributed by atoms with Crippen molar-refractivity contribution in [1.82, 2.24) is 9.38 Å². The van der Waals surface area contributed by atoms with Crippen LogP contribution in [0.4, 0.5) is 44.6 Å². The van der Waals surface area contributed by atoms with Gasteiger partial charge in [-0.25, -0.2) is 4.79 Å². The predicted octanol–water partition coefficient (Wildman–Crippen LogP) is 23.3. The van der Waals surface area contributed by atoms with Crippen LogP contribution >= 0.6 is 0 Å². The van der Waals surface area contributed by atoms with Gasteiger partial charge in [0.2, 0.25) is 54.4 Å². The molecule has 21 rings (SSSR count). The van der Waals surface area contributed by atoms with Crippen LogP contribution in [0, 0.1) is 69.2 Å². The Balaban J connectivity index is 0.000000109. The fraction of sp³-hybridized carbons (Fsp3) is 0.282. The van der Waals surface area contributed by atoms with Crippen LogP contribution in [0.15, 0.2) is 273 Å². The molecule has 1 fully saturated rings. The Morgan fingerprint density at radius 2 is 0.886 bits per heavy atom. The van der Waals surface area contributed by atoms with Crippen molar-refractivity contribution in [3.63, 3.8) is 0 Å². The maximum Gasteiger partial charge on any atom is 0.425 e. The van der Waals surface area contributed by atoms with E-state index >= 15 is 0 Å². The van der Waals surface area contributed by atoms with Gasteiger partial charge in [0.05, 0.1) is 32.2 Å². The number of benzene rings is 12. The fourth-order valence-electron chi connectivity index (χ4n) is 21.4. The highest BCUT2D eigenvalue weighted by Gasteiger charge is 2.47. The van der Waals surface area contributed by atoms with Crippen molar-refractivity contribution in [3.8, 4) is 0 Å². The van der Waals surface area contributed by atoms with Crippen molar-refractivity contribution >= 4 is 119 Å². The van der Waals surface area contributed by atoms with Gasteiger partial charge in [-0.3, -0.25) is 4.90 Å². The quantitative estimate of drug-likeness (QED) is 0.0741. The number of urea groups is 1. The molecule has 0 saturated heterocycles. The van der Waals surface area contributed by atoms with Crippen molar-refractivity contribution in [3.05, 3.63) is 351 Å². The molecule has 0 radical (unpaired) electrons. The lowest BCUT2D eigenvalue weighted by Crippen LogP contribution is -2.68. The van der Waals surface area contributed by atoms with Crippen LogP contribution in [0.25, 0.3) is 54.4 Å². The number of anilines is 5. The van der Waals surface area contributed by atoms with E-state index < -0.39 is 8.24 Å². The first-order valence-electron chi connectivity index (χ1n) is 44.4. The van der Waals surface area contributed by atoms with Crippen LogP contribution in [0.2, 0.25) is 13.1 Å². The van der Waals surface area contributed by atoms with E-state index in [1.165, 1.54) is 204 Å². The number of hydrogen-bond donors (Lipinski definition) is 0. The highest BCUT2D eigenvalue weighted by Crippen LogP contribution is 2.45. The third-order valence-electron chi connectivity index (χ3n) is 27.3. The van der Waals surface area contributed by atoms with Gasteiger partial charge in [0.1, 0.15) is 5.69 Å². The Labute approximate surface area is 730 Å². The molecule has 15 aromatic rings. The second-order valence-corrected chi connectivity index (χ2v) is 40.9.